The molecule has 0 bridgehead atoms. The normalized spacial score (nSPS) is 10.5. The average molecular weight is 363 g/mol. The van der Waals surface area contributed by atoms with Crippen molar-refractivity contribution in [3.05, 3.63) is 74.5 Å². The number of nitrogens with zero attached hydrogens (tertiary/aromatic N) is 1. The number of benzene rings is 1. The van der Waals surface area contributed by atoms with Crippen molar-refractivity contribution in [3.63, 3.8) is 0 Å². The molecule has 0 aliphatic heterocycles. The van der Waals surface area contributed by atoms with Crippen molar-refractivity contribution >= 4 is 40.4 Å². The number of aromatic nitrogens is 1. The van der Waals surface area contributed by atoms with E-state index in [0.29, 0.717) is 22.2 Å². The zero-order valence-corrected chi connectivity index (χ0v) is 14.3. The van der Waals surface area contributed by atoms with E-state index in [1.165, 1.54) is 0 Å². The maximum absolute atomic E-state index is 12.2. The van der Waals surface area contributed by atoms with Gasteiger partial charge in [0.15, 0.2) is 0 Å². The van der Waals surface area contributed by atoms with Gasteiger partial charge >= 0.3 is 0 Å². The molecule has 0 aliphatic rings. The van der Waals surface area contributed by atoms with Crippen LogP contribution < -0.4 is 5.32 Å². The molecular weight excluding hydrogens is 351 g/mol. The van der Waals surface area contributed by atoms with Crippen molar-refractivity contribution in [2.45, 2.75) is 6.54 Å². The van der Waals surface area contributed by atoms with Gasteiger partial charge in [-0.1, -0.05) is 23.2 Å². The van der Waals surface area contributed by atoms with E-state index in [-0.39, 0.29) is 5.91 Å². The van der Waals surface area contributed by atoms with Crippen LogP contribution in [0.5, 0.6) is 0 Å². The van der Waals surface area contributed by atoms with E-state index in [0.717, 1.165) is 16.8 Å². The third kappa shape index (κ3) is 3.91. The van der Waals surface area contributed by atoms with Crippen LogP contribution in [0, 0.1) is 0 Å². The molecule has 1 N–H and O–H groups in total. The van der Waals surface area contributed by atoms with Gasteiger partial charge in [0.2, 0.25) is 0 Å². The van der Waals surface area contributed by atoms with Crippen LogP contribution in [-0.2, 0) is 6.54 Å². The summed E-state index contributed by atoms with van der Waals surface area (Å²) in [4.78, 5) is 16.5. The molecule has 2 aromatic heterocycles. The van der Waals surface area contributed by atoms with E-state index in [4.69, 9.17) is 23.2 Å². The Hall–Kier alpha value is -1.88. The topological polar surface area (TPSA) is 42.0 Å². The summed E-state index contributed by atoms with van der Waals surface area (Å²) in [7, 11) is 0. The quantitative estimate of drug-likeness (QED) is 0.705. The Balaban J connectivity index is 1.69. The Kier molecular flexibility index (Phi) is 4.96. The number of hydrogen-bond acceptors (Lipinski definition) is 3. The molecule has 0 unspecified atom stereocenters. The maximum atomic E-state index is 12.2. The van der Waals surface area contributed by atoms with Crippen LogP contribution in [-0.4, -0.2) is 10.9 Å². The first-order chi connectivity index (χ1) is 11.1. The Morgan fingerprint density at radius 3 is 2.74 bits per heavy atom. The first-order valence-electron chi connectivity index (χ1n) is 6.84. The van der Waals surface area contributed by atoms with Crippen molar-refractivity contribution in [3.8, 4) is 11.3 Å². The molecule has 2 heterocycles. The molecule has 0 aliphatic carbocycles. The Bertz CT molecular complexity index is 834. The fourth-order valence-corrected chi connectivity index (χ4v) is 3.02. The lowest BCUT2D eigenvalue weighted by molar-refractivity contribution is 0.0951. The van der Waals surface area contributed by atoms with Crippen LogP contribution in [0.2, 0.25) is 10.0 Å². The predicted molar refractivity (Wildman–Crippen MR) is 95.2 cm³/mol. The predicted octanol–water partition coefficient (Wildman–Crippen LogP) is 5.05. The molecule has 3 rings (SSSR count). The zero-order chi connectivity index (χ0) is 16.2. The number of carbonyl (C=O) groups excluding carboxylic acids is 1. The molecule has 0 saturated carbocycles. The lowest BCUT2D eigenvalue weighted by Gasteiger charge is -2.07. The van der Waals surface area contributed by atoms with Gasteiger partial charge in [-0.2, -0.15) is 11.3 Å². The minimum Gasteiger partial charge on any atom is -0.348 e. The van der Waals surface area contributed by atoms with E-state index >= 15 is 0 Å². The van der Waals surface area contributed by atoms with Crippen molar-refractivity contribution < 1.29 is 4.79 Å². The number of rotatable bonds is 4. The number of halogens is 2. The zero-order valence-electron chi connectivity index (χ0n) is 11.9. The molecular formula is C17H12Cl2N2OS. The summed E-state index contributed by atoms with van der Waals surface area (Å²) in [6, 6.07) is 10.7. The van der Waals surface area contributed by atoms with E-state index in [1.54, 1.807) is 35.7 Å². The lowest BCUT2D eigenvalue weighted by Crippen LogP contribution is -2.22. The second-order valence-corrected chi connectivity index (χ2v) is 6.47. The van der Waals surface area contributed by atoms with Gasteiger partial charge in [0.1, 0.15) is 0 Å². The Labute approximate surface area is 147 Å². The molecule has 0 radical (unpaired) electrons. The molecule has 0 atom stereocenters. The second-order valence-electron chi connectivity index (χ2n) is 4.87. The molecule has 1 amide bonds. The third-order valence-electron chi connectivity index (χ3n) is 3.28. The minimum absolute atomic E-state index is 0.197. The van der Waals surface area contributed by atoms with Crippen molar-refractivity contribution in [1.82, 2.24) is 10.3 Å². The number of nitrogens with one attached hydrogen (secondary N) is 1. The number of pyridine rings is 1. The molecule has 0 spiro atoms. The summed E-state index contributed by atoms with van der Waals surface area (Å²) >= 11 is 13.4. The number of amides is 1. The third-order valence-corrected chi connectivity index (χ3v) is 4.70. The van der Waals surface area contributed by atoms with E-state index in [9.17, 15) is 4.79 Å². The second kappa shape index (κ2) is 7.13. The number of carbonyl (C=O) groups is 1. The van der Waals surface area contributed by atoms with Crippen molar-refractivity contribution in [1.29, 1.82) is 0 Å². The molecule has 3 nitrogen and oxygen atoms in total. The molecule has 0 fully saturated rings. The van der Waals surface area contributed by atoms with Crippen molar-refractivity contribution in [2.75, 3.05) is 0 Å². The van der Waals surface area contributed by atoms with Crippen LogP contribution in [0.25, 0.3) is 11.3 Å². The summed E-state index contributed by atoms with van der Waals surface area (Å²) in [5.41, 5.74) is 3.43. The highest BCUT2D eigenvalue weighted by Crippen LogP contribution is 2.23. The van der Waals surface area contributed by atoms with E-state index in [2.05, 4.69) is 10.3 Å². The summed E-state index contributed by atoms with van der Waals surface area (Å²) in [5.74, 6) is -0.197. The monoisotopic (exact) mass is 362 g/mol. The van der Waals surface area contributed by atoms with Gasteiger partial charge in [-0.3, -0.25) is 9.78 Å². The summed E-state index contributed by atoms with van der Waals surface area (Å²) in [6.07, 6.45) is 1.74. The van der Waals surface area contributed by atoms with E-state index in [1.807, 2.05) is 29.0 Å². The number of thiophene rings is 1. The SMILES string of the molecule is O=C(NCc1ccnc(-c2ccsc2)c1)c1ccc(Cl)c(Cl)c1. The molecule has 116 valence electrons. The van der Waals surface area contributed by atoms with Gasteiger partial charge in [-0.05, 0) is 47.3 Å². The van der Waals surface area contributed by atoms with E-state index < -0.39 is 0 Å². The van der Waals surface area contributed by atoms with Gasteiger partial charge in [0.05, 0.1) is 15.7 Å². The fraction of sp³-hybridized carbons (Fsp3) is 0.0588. The smallest absolute Gasteiger partial charge is 0.251 e. The lowest BCUT2D eigenvalue weighted by atomic mass is 10.1. The van der Waals surface area contributed by atoms with Gasteiger partial charge < -0.3 is 5.32 Å². The fourth-order valence-electron chi connectivity index (χ4n) is 2.07. The van der Waals surface area contributed by atoms with Crippen LogP contribution in [0.1, 0.15) is 15.9 Å². The van der Waals surface area contributed by atoms with Crippen LogP contribution in [0.3, 0.4) is 0 Å². The highest BCUT2D eigenvalue weighted by atomic mass is 35.5. The van der Waals surface area contributed by atoms with Gasteiger partial charge in [-0.25, -0.2) is 0 Å². The Morgan fingerprint density at radius 2 is 2.00 bits per heavy atom. The molecule has 0 saturated heterocycles. The Morgan fingerprint density at radius 1 is 1.13 bits per heavy atom. The standard InChI is InChI=1S/C17H12Cl2N2OS/c18-14-2-1-12(8-15(14)19)17(22)21-9-11-3-5-20-16(7-11)13-4-6-23-10-13/h1-8,10H,9H2,(H,21,22). The minimum atomic E-state index is -0.197. The van der Waals surface area contributed by atoms with Gasteiger partial charge in [0.25, 0.3) is 5.91 Å². The summed E-state index contributed by atoms with van der Waals surface area (Å²) in [5, 5.41) is 7.71. The largest absolute Gasteiger partial charge is 0.348 e. The molecule has 1 aromatic carbocycles. The van der Waals surface area contributed by atoms with Gasteiger partial charge in [0, 0.05) is 29.2 Å². The molecule has 6 heteroatoms. The number of hydrogen-bond donors (Lipinski definition) is 1. The van der Waals surface area contributed by atoms with Crippen molar-refractivity contribution in [2.24, 2.45) is 0 Å². The highest BCUT2D eigenvalue weighted by molar-refractivity contribution is 7.08. The summed E-state index contributed by atoms with van der Waals surface area (Å²) < 4.78 is 0. The first kappa shape index (κ1) is 16.0. The maximum Gasteiger partial charge on any atom is 0.251 e. The first-order valence-corrected chi connectivity index (χ1v) is 8.54. The van der Waals surface area contributed by atoms with Crippen LogP contribution >= 0.6 is 34.5 Å². The molecule has 23 heavy (non-hydrogen) atoms. The van der Waals surface area contributed by atoms with Crippen LogP contribution in [0.4, 0.5) is 0 Å². The highest BCUT2D eigenvalue weighted by Gasteiger charge is 2.08. The summed E-state index contributed by atoms with van der Waals surface area (Å²) in [6.45, 7) is 0.415. The van der Waals surface area contributed by atoms with Gasteiger partial charge in [-0.15, -0.1) is 0 Å². The van der Waals surface area contributed by atoms with Crippen LogP contribution in [0.15, 0.2) is 53.4 Å². The average Bonchev–Trinajstić information content (AvgIpc) is 3.10. The molecule has 3 aromatic rings.